The van der Waals surface area contributed by atoms with E-state index in [0.717, 1.165) is 70.6 Å². The van der Waals surface area contributed by atoms with Gasteiger partial charge in [-0.05, 0) is 58.6 Å². The van der Waals surface area contributed by atoms with E-state index in [9.17, 15) is 4.79 Å². The van der Waals surface area contributed by atoms with Gasteiger partial charge in [0.25, 0.3) is 0 Å². The van der Waals surface area contributed by atoms with E-state index in [1.807, 2.05) is 11.6 Å². The Bertz CT molecular complexity index is 551. The van der Waals surface area contributed by atoms with Gasteiger partial charge in [0.15, 0.2) is 0 Å². The first-order valence-corrected chi connectivity index (χ1v) is 9.27. The highest BCUT2D eigenvalue weighted by Crippen LogP contribution is 2.25. The van der Waals surface area contributed by atoms with Crippen LogP contribution in [0.2, 0.25) is 0 Å². The van der Waals surface area contributed by atoms with Crippen LogP contribution in [-0.4, -0.2) is 59.0 Å². The van der Waals surface area contributed by atoms with E-state index >= 15 is 0 Å². The Morgan fingerprint density at radius 2 is 2.12 bits per heavy atom. The van der Waals surface area contributed by atoms with Crippen LogP contribution in [0.25, 0.3) is 0 Å². The van der Waals surface area contributed by atoms with Crippen molar-refractivity contribution in [2.24, 2.45) is 0 Å². The van der Waals surface area contributed by atoms with Crippen LogP contribution in [0.1, 0.15) is 43.5 Å². The second-order valence-electron chi connectivity index (χ2n) is 7.03. The van der Waals surface area contributed by atoms with Crippen molar-refractivity contribution in [3.05, 3.63) is 17.5 Å². The van der Waals surface area contributed by atoms with Gasteiger partial charge in [0.1, 0.15) is 0 Å². The van der Waals surface area contributed by atoms with E-state index < -0.39 is 0 Å². The summed E-state index contributed by atoms with van der Waals surface area (Å²) in [4.78, 5) is 15.0. The normalized spacial score (nSPS) is 22.8. The summed E-state index contributed by atoms with van der Waals surface area (Å²) in [5.74, 6) is 0.201. The van der Waals surface area contributed by atoms with Crippen LogP contribution in [0.5, 0.6) is 0 Å². The maximum absolute atomic E-state index is 12.6. The molecule has 2 aliphatic rings. The molecule has 24 heavy (non-hydrogen) atoms. The molecular formula is C18H30N4O2. The Morgan fingerprint density at radius 1 is 1.33 bits per heavy atom. The van der Waals surface area contributed by atoms with Crippen molar-refractivity contribution >= 4 is 5.91 Å². The molecule has 3 rings (SSSR count). The highest BCUT2D eigenvalue weighted by molar-refractivity contribution is 5.82. The number of aryl methyl sites for hydroxylation is 3. The van der Waals surface area contributed by atoms with Crippen LogP contribution in [0.3, 0.4) is 0 Å². The zero-order valence-corrected chi connectivity index (χ0v) is 15.0. The molecule has 0 aromatic carbocycles. The molecule has 1 unspecified atom stereocenters. The summed E-state index contributed by atoms with van der Waals surface area (Å²) in [6, 6.07) is 2.66. The molecule has 1 aromatic heterocycles. The molecular weight excluding hydrogens is 304 g/mol. The van der Waals surface area contributed by atoms with Gasteiger partial charge in [0, 0.05) is 38.0 Å². The van der Waals surface area contributed by atoms with Crippen LogP contribution in [0, 0.1) is 13.8 Å². The van der Waals surface area contributed by atoms with Gasteiger partial charge in [-0.25, -0.2) is 0 Å². The Morgan fingerprint density at radius 3 is 2.83 bits per heavy atom. The number of nitrogens with one attached hydrogen (secondary N) is 1. The minimum absolute atomic E-state index is 0.0572. The molecule has 1 N–H and O–H groups in total. The maximum atomic E-state index is 12.6. The highest BCUT2D eigenvalue weighted by Gasteiger charge is 2.35. The zero-order valence-electron chi connectivity index (χ0n) is 15.0. The second-order valence-corrected chi connectivity index (χ2v) is 7.03. The molecule has 1 amide bonds. The minimum atomic E-state index is 0.0572. The van der Waals surface area contributed by atoms with Gasteiger partial charge in [-0.1, -0.05) is 0 Å². The lowest BCUT2D eigenvalue weighted by molar-refractivity contribution is -0.126. The van der Waals surface area contributed by atoms with Gasteiger partial charge in [-0.3, -0.25) is 14.4 Å². The number of carbonyl (C=O) groups is 1. The lowest BCUT2D eigenvalue weighted by Crippen LogP contribution is -2.49. The number of aromatic nitrogens is 2. The number of rotatable bonds is 6. The summed E-state index contributed by atoms with van der Waals surface area (Å²) in [5.41, 5.74) is 2.23. The SMILES string of the molecule is Cc1cc(C)n(CCCNC(=O)C2CCCN2C2CCOCC2)n1. The average Bonchev–Trinajstić information content (AvgIpc) is 3.19. The summed E-state index contributed by atoms with van der Waals surface area (Å²) in [6.07, 6.45) is 5.14. The van der Waals surface area contributed by atoms with Crippen molar-refractivity contribution in [1.29, 1.82) is 0 Å². The van der Waals surface area contributed by atoms with Gasteiger partial charge in [0.2, 0.25) is 5.91 Å². The smallest absolute Gasteiger partial charge is 0.237 e. The summed E-state index contributed by atoms with van der Waals surface area (Å²) < 4.78 is 7.47. The Labute approximate surface area is 144 Å². The van der Waals surface area contributed by atoms with Crippen molar-refractivity contribution < 1.29 is 9.53 Å². The minimum Gasteiger partial charge on any atom is -0.381 e. The monoisotopic (exact) mass is 334 g/mol. The molecule has 0 bridgehead atoms. The van der Waals surface area contributed by atoms with E-state index in [0.29, 0.717) is 6.04 Å². The predicted molar refractivity (Wildman–Crippen MR) is 92.9 cm³/mol. The van der Waals surface area contributed by atoms with Crippen molar-refractivity contribution in [1.82, 2.24) is 20.0 Å². The van der Waals surface area contributed by atoms with Crippen LogP contribution in [0.15, 0.2) is 6.07 Å². The van der Waals surface area contributed by atoms with Gasteiger partial charge in [0.05, 0.1) is 11.7 Å². The molecule has 1 aromatic rings. The molecule has 6 nitrogen and oxygen atoms in total. The topological polar surface area (TPSA) is 59.4 Å². The van der Waals surface area contributed by atoms with Crippen molar-refractivity contribution in [3.63, 3.8) is 0 Å². The van der Waals surface area contributed by atoms with Gasteiger partial charge >= 0.3 is 0 Å². The average molecular weight is 334 g/mol. The van der Waals surface area contributed by atoms with E-state index in [-0.39, 0.29) is 11.9 Å². The maximum Gasteiger partial charge on any atom is 0.237 e. The molecule has 2 fully saturated rings. The molecule has 0 aliphatic carbocycles. The summed E-state index contributed by atoms with van der Waals surface area (Å²) in [6.45, 7) is 8.37. The lowest BCUT2D eigenvalue weighted by Gasteiger charge is -2.34. The van der Waals surface area contributed by atoms with Crippen LogP contribution < -0.4 is 5.32 Å². The van der Waals surface area contributed by atoms with Gasteiger partial charge < -0.3 is 10.1 Å². The first kappa shape index (κ1) is 17.4. The number of hydrogen-bond acceptors (Lipinski definition) is 4. The Balaban J connectivity index is 1.43. The van der Waals surface area contributed by atoms with Crippen molar-refractivity contribution in [2.45, 2.75) is 64.6 Å². The third kappa shape index (κ3) is 4.16. The quantitative estimate of drug-likeness (QED) is 0.804. The number of ether oxygens (including phenoxy) is 1. The fourth-order valence-electron chi connectivity index (χ4n) is 3.98. The number of amides is 1. The van der Waals surface area contributed by atoms with E-state index in [4.69, 9.17) is 4.74 Å². The number of hydrogen-bond donors (Lipinski definition) is 1. The number of likely N-dealkylation sites (tertiary alicyclic amines) is 1. The van der Waals surface area contributed by atoms with E-state index in [1.165, 1.54) is 5.69 Å². The largest absolute Gasteiger partial charge is 0.381 e. The molecule has 0 spiro atoms. The third-order valence-corrected chi connectivity index (χ3v) is 5.21. The lowest BCUT2D eigenvalue weighted by atomic mass is 10.1. The molecule has 0 saturated carbocycles. The predicted octanol–water partition coefficient (Wildman–Crippen LogP) is 1.65. The summed E-state index contributed by atoms with van der Waals surface area (Å²) in [5, 5.41) is 7.60. The Hall–Kier alpha value is -1.40. The van der Waals surface area contributed by atoms with Gasteiger partial charge in [-0.15, -0.1) is 0 Å². The zero-order chi connectivity index (χ0) is 16.9. The first-order valence-electron chi connectivity index (χ1n) is 9.27. The van der Waals surface area contributed by atoms with Crippen LogP contribution in [0.4, 0.5) is 0 Å². The number of nitrogens with zero attached hydrogens (tertiary/aromatic N) is 3. The highest BCUT2D eigenvalue weighted by atomic mass is 16.5. The summed E-state index contributed by atoms with van der Waals surface area (Å²) >= 11 is 0. The van der Waals surface area contributed by atoms with Crippen LogP contribution in [-0.2, 0) is 16.1 Å². The third-order valence-electron chi connectivity index (χ3n) is 5.21. The second kappa shape index (κ2) is 8.12. The molecule has 1 atom stereocenters. The molecule has 6 heteroatoms. The first-order chi connectivity index (χ1) is 11.6. The summed E-state index contributed by atoms with van der Waals surface area (Å²) in [7, 11) is 0. The number of carbonyl (C=O) groups excluding carboxylic acids is 1. The van der Waals surface area contributed by atoms with Crippen molar-refractivity contribution in [3.8, 4) is 0 Å². The standard InChI is InChI=1S/C18H30N4O2/c1-14-13-15(2)22(20-14)10-4-8-19-18(23)17-5-3-9-21(17)16-6-11-24-12-7-16/h13,16-17H,3-12H2,1-2H3,(H,19,23). The molecule has 3 heterocycles. The van der Waals surface area contributed by atoms with E-state index in [2.05, 4.69) is 28.3 Å². The van der Waals surface area contributed by atoms with Crippen molar-refractivity contribution in [2.75, 3.05) is 26.3 Å². The molecule has 2 saturated heterocycles. The van der Waals surface area contributed by atoms with Crippen LogP contribution >= 0.6 is 0 Å². The fraction of sp³-hybridized carbons (Fsp3) is 0.778. The Kier molecular flexibility index (Phi) is 5.89. The van der Waals surface area contributed by atoms with E-state index in [1.54, 1.807) is 0 Å². The molecule has 0 radical (unpaired) electrons. The molecule has 2 aliphatic heterocycles. The fourth-order valence-corrected chi connectivity index (χ4v) is 3.98. The van der Waals surface area contributed by atoms with Gasteiger partial charge in [-0.2, -0.15) is 5.10 Å². The molecule has 134 valence electrons.